The summed E-state index contributed by atoms with van der Waals surface area (Å²) >= 11 is 0. The Balaban J connectivity index is 5.41. The highest BCUT2D eigenvalue weighted by molar-refractivity contribution is 7.47. The zero-order chi connectivity index (χ0) is 19.4. The van der Waals surface area contributed by atoms with Crippen molar-refractivity contribution in [3.8, 4) is 0 Å². The van der Waals surface area contributed by atoms with E-state index in [2.05, 4.69) is 18.1 Å². The van der Waals surface area contributed by atoms with Crippen molar-refractivity contribution in [2.75, 3.05) is 13.2 Å². The van der Waals surface area contributed by atoms with Gasteiger partial charge in [-0.25, -0.2) is 18.3 Å². The molecule has 0 aromatic heterocycles. The molecule has 0 amide bonds. The standard InChI is InChI=1S/C4H14O16P4/c5-21(6,7)17-1-3(19-23(11,12)13)4(20-24(14,15)16)2-18-22(8,9)10/h3-4H,1-2H2,(H2,5,6,7)(H2,8,9,10)(H2,11,12,13)(H2,14,15,16)/t3-,4+. The second kappa shape index (κ2) is 8.89. The lowest BCUT2D eigenvalue weighted by Gasteiger charge is -2.27. The van der Waals surface area contributed by atoms with Gasteiger partial charge in [-0.05, 0) is 0 Å². The maximum absolute atomic E-state index is 10.8. The lowest BCUT2D eigenvalue weighted by atomic mass is 10.2. The Bertz CT molecular complexity index is 523. The zero-order valence-corrected chi connectivity index (χ0v) is 14.8. The van der Waals surface area contributed by atoms with Crippen LogP contribution in [0.2, 0.25) is 0 Å². The summed E-state index contributed by atoms with van der Waals surface area (Å²) < 4.78 is 58.6. The summed E-state index contributed by atoms with van der Waals surface area (Å²) in [6.07, 6.45) is -4.59. The van der Waals surface area contributed by atoms with Gasteiger partial charge >= 0.3 is 31.3 Å². The maximum atomic E-state index is 10.8. The zero-order valence-electron chi connectivity index (χ0n) is 11.2. The minimum absolute atomic E-state index is 1.38. The average molecular weight is 442 g/mol. The molecule has 0 aliphatic heterocycles. The van der Waals surface area contributed by atoms with Crippen molar-refractivity contribution in [2.45, 2.75) is 12.2 Å². The summed E-state index contributed by atoms with van der Waals surface area (Å²) in [6, 6.07) is 0. The molecule has 0 aliphatic carbocycles. The maximum Gasteiger partial charge on any atom is 0.470 e. The fourth-order valence-electron chi connectivity index (χ4n) is 1.11. The average Bonchev–Trinajstić information content (AvgIpc) is 2.25. The lowest BCUT2D eigenvalue weighted by molar-refractivity contribution is -0.0345. The second-order valence-electron chi connectivity index (χ2n) is 3.84. The molecule has 0 fully saturated rings. The first-order valence-corrected chi connectivity index (χ1v) is 11.4. The first kappa shape index (κ1) is 24.4. The van der Waals surface area contributed by atoms with E-state index in [1.165, 1.54) is 0 Å². The first-order valence-electron chi connectivity index (χ1n) is 5.26. The summed E-state index contributed by atoms with van der Waals surface area (Å²) in [4.78, 5) is 68.9. The van der Waals surface area contributed by atoms with Crippen molar-refractivity contribution >= 4 is 31.3 Å². The van der Waals surface area contributed by atoms with Gasteiger partial charge in [0.2, 0.25) is 0 Å². The van der Waals surface area contributed by atoms with Gasteiger partial charge in [-0.15, -0.1) is 0 Å². The Morgan fingerprint density at radius 2 is 0.792 bits per heavy atom. The van der Waals surface area contributed by atoms with Crippen molar-refractivity contribution in [2.24, 2.45) is 0 Å². The summed E-state index contributed by atoms with van der Waals surface area (Å²) in [6.45, 7) is -2.77. The number of rotatable bonds is 11. The highest BCUT2D eigenvalue weighted by Crippen LogP contribution is 2.46. The SMILES string of the molecule is O=P(O)(O)OC[C@H](OP(=O)(O)O)[C@@H](COP(=O)(O)O)OP(=O)(O)O. The van der Waals surface area contributed by atoms with Crippen LogP contribution in [0.5, 0.6) is 0 Å². The Hall–Kier alpha value is 0.440. The molecule has 8 N–H and O–H groups in total. The number of hydrogen-bond donors (Lipinski definition) is 8. The summed E-state index contributed by atoms with van der Waals surface area (Å²) in [5.41, 5.74) is 0. The van der Waals surface area contributed by atoms with Crippen molar-refractivity contribution in [1.82, 2.24) is 0 Å². The van der Waals surface area contributed by atoms with Gasteiger partial charge in [-0.1, -0.05) is 0 Å². The first-order chi connectivity index (χ1) is 10.4. The smallest absolute Gasteiger partial charge is 0.303 e. The van der Waals surface area contributed by atoms with Crippen LogP contribution in [0.4, 0.5) is 0 Å². The van der Waals surface area contributed by atoms with Crippen molar-refractivity contribution in [1.29, 1.82) is 0 Å². The van der Waals surface area contributed by atoms with Crippen LogP contribution >= 0.6 is 31.3 Å². The molecular formula is C4H14O16P4. The fourth-order valence-corrected chi connectivity index (χ4v) is 2.89. The Labute approximate surface area is 133 Å². The van der Waals surface area contributed by atoms with Gasteiger partial charge in [0.1, 0.15) is 12.2 Å². The summed E-state index contributed by atoms with van der Waals surface area (Å²) in [5.74, 6) is 0. The molecule has 0 rings (SSSR count). The predicted molar refractivity (Wildman–Crippen MR) is 69.8 cm³/mol. The van der Waals surface area contributed by atoms with Gasteiger partial charge in [0.05, 0.1) is 13.2 Å². The van der Waals surface area contributed by atoms with Crippen LogP contribution in [0.3, 0.4) is 0 Å². The van der Waals surface area contributed by atoms with Gasteiger partial charge in [-0.3, -0.25) is 18.1 Å². The van der Waals surface area contributed by atoms with E-state index in [1.54, 1.807) is 0 Å². The van der Waals surface area contributed by atoms with Gasteiger partial charge in [0, 0.05) is 0 Å². The largest absolute Gasteiger partial charge is 0.470 e. The molecule has 2 atom stereocenters. The molecule has 0 heterocycles. The molecule has 0 radical (unpaired) electrons. The van der Waals surface area contributed by atoms with E-state index in [0.717, 1.165) is 0 Å². The third kappa shape index (κ3) is 14.8. The number of phosphoric ester groups is 4. The quantitative estimate of drug-likeness (QED) is 0.163. The molecule has 16 nitrogen and oxygen atoms in total. The van der Waals surface area contributed by atoms with E-state index in [4.69, 9.17) is 39.1 Å². The highest BCUT2D eigenvalue weighted by atomic mass is 31.2. The van der Waals surface area contributed by atoms with E-state index in [1.807, 2.05) is 0 Å². The molecule has 0 aliphatic rings. The van der Waals surface area contributed by atoms with Gasteiger partial charge in [-0.2, -0.15) is 0 Å². The predicted octanol–water partition coefficient (Wildman–Crippen LogP) is -1.84. The monoisotopic (exact) mass is 442 g/mol. The molecule has 20 heteroatoms. The van der Waals surface area contributed by atoms with E-state index < -0.39 is 56.7 Å². The second-order valence-corrected chi connectivity index (χ2v) is 8.70. The number of hydrogen-bond acceptors (Lipinski definition) is 8. The van der Waals surface area contributed by atoms with Gasteiger partial charge < -0.3 is 39.1 Å². The van der Waals surface area contributed by atoms with Crippen LogP contribution in [-0.4, -0.2) is 64.6 Å². The third-order valence-corrected chi connectivity index (χ3v) is 3.84. The minimum atomic E-state index is -5.40. The molecule has 0 saturated heterocycles. The number of phosphoric acid groups is 4. The Morgan fingerprint density at radius 3 is 0.958 bits per heavy atom. The Morgan fingerprint density at radius 1 is 0.542 bits per heavy atom. The van der Waals surface area contributed by atoms with Gasteiger partial charge in [0.25, 0.3) is 0 Å². The highest BCUT2D eigenvalue weighted by Gasteiger charge is 2.37. The third-order valence-electron chi connectivity index (χ3n) is 1.77. The lowest BCUT2D eigenvalue weighted by Crippen LogP contribution is -2.37. The molecular weight excluding hydrogens is 428 g/mol. The van der Waals surface area contributed by atoms with E-state index in [0.29, 0.717) is 0 Å². The Kier molecular flexibility index (Phi) is 9.05. The summed E-state index contributed by atoms with van der Waals surface area (Å²) in [7, 11) is -21.2. The molecule has 24 heavy (non-hydrogen) atoms. The molecule has 0 saturated carbocycles. The van der Waals surface area contributed by atoms with Crippen molar-refractivity contribution < 1.29 is 75.5 Å². The van der Waals surface area contributed by atoms with Crippen LogP contribution < -0.4 is 0 Å². The molecule has 0 aromatic carbocycles. The van der Waals surface area contributed by atoms with Crippen LogP contribution in [0.1, 0.15) is 0 Å². The summed E-state index contributed by atoms with van der Waals surface area (Å²) in [5, 5.41) is 0. The van der Waals surface area contributed by atoms with Crippen LogP contribution in [0, 0.1) is 0 Å². The van der Waals surface area contributed by atoms with E-state index in [9.17, 15) is 18.3 Å². The molecule has 146 valence electrons. The van der Waals surface area contributed by atoms with Gasteiger partial charge in [0.15, 0.2) is 0 Å². The topological polar surface area (TPSA) is 267 Å². The molecule has 0 unspecified atom stereocenters. The van der Waals surface area contributed by atoms with Crippen LogP contribution in [-0.2, 0) is 36.4 Å². The fraction of sp³-hybridized carbons (Fsp3) is 1.00. The van der Waals surface area contributed by atoms with Crippen LogP contribution in [0.25, 0.3) is 0 Å². The van der Waals surface area contributed by atoms with Crippen molar-refractivity contribution in [3.05, 3.63) is 0 Å². The molecule has 0 aromatic rings. The van der Waals surface area contributed by atoms with E-state index in [-0.39, 0.29) is 0 Å². The minimum Gasteiger partial charge on any atom is -0.303 e. The molecule has 0 spiro atoms. The van der Waals surface area contributed by atoms with Crippen LogP contribution in [0.15, 0.2) is 0 Å². The molecule has 0 bridgehead atoms. The van der Waals surface area contributed by atoms with E-state index >= 15 is 0 Å². The normalized spacial score (nSPS) is 16.8. The van der Waals surface area contributed by atoms with Crippen molar-refractivity contribution in [3.63, 3.8) is 0 Å².